The van der Waals surface area contributed by atoms with Gasteiger partial charge in [-0.2, -0.15) is 0 Å². The summed E-state index contributed by atoms with van der Waals surface area (Å²) in [6.45, 7) is 2.62. The summed E-state index contributed by atoms with van der Waals surface area (Å²) in [5.41, 5.74) is 0. The van der Waals surface area contributed by atoms with Crippen molar-refractivity contribution < 1.29 is 0 Å². The van der Waals surface area contributed by atoms with Crippen LogP contribution in [0.5, 0.6) is 0 Å². The van der Waals surface area contributed by atoms with E-state index >= 15 is 0 Å². The fourth-order valence-electron chi connectivity index (χ4n) is 0.802. The second-order valence-corrected chi connectivity index (χ2v) is 3.93. The van der Waals surface area contributed by atoms with Crippen molar-refractivity contribution in [2.24, 2.45) is 0 Å². The quantitative estimate of drug-likeness (QED) is 0.418. The van der Waals surface area contributed by atoms with Crippen molar-refractivity contribution in [3.8, 4) is 0 Å². The van der Waals surface area contributed by atoms with Crippen molar-refractivity contribution in [3.05, 3.63) is 0 Å². The van der Waals surface area contributed by atoms with Crippen molar-refractivity contribution in [1.82, 2.24) is 5.32 Å². The first kappa shape index (κ1) is 4.55. The molecule has 0 radical (unpaired) electrons. The Morgan fingerprint density at radius 1 is 1.17 bits per heavy atom. The molecule has 1 fully saturated rings. The number of rotatable bonds is 0. The molecule has 1 aliphatic rings. The maximum atomic E-state index is 3.32. The average Bonchev–Trinajstić information content (AvgIpc) is 1.72. The predicted octanol–water partition coefficient (Wildman–Crippen LogP) is -0.267. The van der Waals surface area contributed by atoms with Gasteiger partial charge in [-0.1, -0.05) is 0 Å². The summed E-state index contributed by atoms with van der Waals surface area (Å²) in [5.74, 6) is 0. The van der Waals surface area contributed by atoms with Crippen LogP contribution < -0.4 is 5.32 Å². The second kappa shape index (κ2) is 2.54. The van der Waals surface area contributed by atoms with E-state index < -0.39 is 0 Å². The fraction of sp³-hybridized carbons (Fsp3) is 1.00. The molecule has 1 aliphatic heterocycles. The molecule has 0 aromatic carbocycles. The first-order valence-corrected chi connectivity index (χ1v) is 4.71. The van der Waals surface area contributed by atoms with Gasteiger partial charge in [-0.3, -0.25) is 0 Å². The normalized spacial score (nSPS) is 25.3. The monoisotopic (exact) mass is 105 g/mol. The Labute approximate surface area is 40.3 Å². The third-order valence-corrected chi connectivity index (χ3v) is 2.91. The maximum absolute atomic E-state index is 3.32. The molecule has 1 nitrogen and oxygen atoms in total. The van der Waals surface area contributed by atoms with E-state index in [-0.39, 0.29) is 0 Å². The molecule has 1 heterocycles. The van der Waals surface area contributed by atoms with Gasteiger partial charge in [0, 0.05) is 0 Å². The topological polar surface area (TPSA) is 12.0 Å². The van der Waals surface area contributed by atoms with E-state index in [1.54, 1.807) is 0 Å². The van der Waals surface area contributed by atoms with Crippen molar-refractivity contribution >= 4 is 8.58 Å². The van der Waals surface area contributed by atoms with E-state index in [9.17, 15) is 0 Å². The fourth-order valence-corrected chi connectivity index (χ4v) is 2.16. The summed E-state index contributed by atoms with van der Waals surface area (Å²) >= 11 is 0. The molecule has 2 heteroatoms. The van der Waals surface area contributed by atoms with E-state index in [1.807, 2.05) is 0 Å². The van der Waals surface area contributed by atoms with Gasteiger partial charge in [0.1, 0.15) is 0 Å². The van der Waals surface area contributed by atoms with Crippen LogP contribution in [0.4, 0.5) is 0 Å². The van der Waals surface area contributed by atoms with Crippen LogP contribution in [0.2, 0.25) is 0 Å². The molecule has 1 rings (SSSR count). The van der Waals surface area contributed by atoms with Gasteiger partial charge in [0.05, 0.1) is 0 Å². The summed E-state index contributed by atoms with van der Waals surface area (Å²) in [7, 11) is 0.446. The summed E-state index contributed by atoms with van der Waals surface area (Å²) in [6.07, 6.45) is 3.06. The first-order valence-electron chi connectivity index (χ1n) is 2.71. The van der Waals surface area contributed by atoms with Gasteiger partial charge in [0.25, 0.3) is 0 Å². The molecule has 0 aliphatic carbocycles. The van der Waals surface area contributed by atoms with Crippen LogP contribution in [0.15, 0.2) is 0 Å². The molecular weight excluding hydrogens is 93.0 g/mol. The molecule has 6 heavy (non-hydrogen) atoms. The molecule has 38 valence electrons. The zero-order chi connectivity index (χ0) is 4.24. The molecule has 0 aromatic rings. The Balaban J connectivity index is 2.00. The van der Waals surface area contributed by atoms with Crippen molar-refractivity contribution in [2.45, 2.75) is 0 Å². The zero-order valence-electron chi connectivity index (χ0n) is 4.04. The van der Waals surface area contributed by atoms with Crippen LogP contribution in [0.25, 0.3) is 0 Å². The van der Waals surface area contributed by atoms with Crippen molar-refractivity contribution in [2.75, 3.05) is 25.4 Å². The Bertz CT molecular complexity index is 23.0. The van der Waals surface area contributed by atoms with Crippen molar-refractivity contribution in [1.29, 1.82) is 0 Å². The van der Waals surface area contributed by atoms with E-state index in [0.29, 0.717) is 8.58 Å². The van der Waals surface area contributed by atoms with Crippen LogP contribution in [0, 0.1) is 0 Å². The molecule has 0 aromatic heterocycles. The van der Waals surface area contributed by atoms with Gasteiger partial charge in [-0.05, 0) is 0 Å². The van der Waals surface area contributed by atoms with Crippen LogP contribution in [-0.4, -0.2) is 25.4 Å². The number of hydrogen-bond acceptors (Lipinski definition) is 1. The molecule has 0 unspecified atom stereocenters. The molecule has 0 saturated carbocycles. The first-order chi connectivity index (χ1) is 3.00. The molecule has 0 atom stereocenters. The summed E-state index contributed by atoms with van der Waals surface area (Å²) < 4.78 is 0. The number of hydrogen-bond donors (Lipinski definition) is 1. The summed E-state index contributed by atoms with van der Waals surface area (Å²) in [5, 5.41) is 3.32. The van der Waals surface area contributed by atoms with E-state index in [2.05, 4.69) is 5.32 Å². The molecule has 0 bridgehead atoms. The standard InChI is InChI=1S/C4H12NP/c1-3-6-4-2-5-1/h5H,1-4H2,6H3. The van der Waals surface area contributed by atoms with E-state index in [1.165, 1.54) is 25.4 Å². The Hall–Kier alpha value is 0.390. The average molecular weight is 105 g/mol. The Kier molecular flexibility index (Phi) is 1.93. The Morgan fingerprint density at radius 3 is 2.00 bits per heavy atom. The van der Waals surface area contributed by atoms with Gasteiger partial charge in [-0.25, -0.2) is 0 Å². The van der Waals surface area contributed by atoms with E-state index in [0.717, 1.165) is 0 Å². The predicted molar refractivity (Wildman–Crippen MR) is 33.7 cm³/mol. The van der Waals surface area contributed by atoms with Gasteiger partial charge < -0.3 is 0 Å². The van der Waals surface area contributed by atoms with Gasteiger partial charge in [-0.15, -0.1) is 0 Å². The minimum atomic E-state index is 0.446. The third-order valence-electron chi connectivity index (χ3n) is 1.21. The molecule has 1 N–H and O–H groups in total. The third kappa shape index (κ3) is 1.24. The number of nitrogens with one attached hydrogen (secondary N) is 1. The zero-order valence-corrected chi connectivity index (χ0v) is 5.45. The minimum absolute atomic E-state index is 0.446. The van der Waals surface area contributed by atoms with Crippen LogP contribution in [-0.2, 0) is 0 Å². The summed E-state index contributed by atoms with van der Waals surface area (Å²) in [6, 6.07) is 0. The Morgan fingerprint density at radius 2 is 1.83 bits per heavy atom. The van der Waals surface area contributed by atoms with Crippen LogP contribution >= 0.6 is 8.58 Å². The van der Waals surface area contributed by atoms with Crippen LogP contribution in [0.3, 0.4) is 0 Å². The molecule has 1 saturated heterocycles. The second-order valence-electron chi connectivity index (χ2n) is 1.81. The molecule has 0 spiro atoms. The summed E-state index contributed by atoms with van der Waals surface area (Å²) in [4.78, 5) is 0. The SMILES string of the molecule is C1C[PH3]CCN1. The molecular formula is C4H12NP. The van der Waals surface area contributed by atoms with Gasteiger partial charge in [0.15, 0.2) is 0 Å². The van der Waals surface area contributed by atoms with Gasteiger partial charge in [0.2, 0.25) is 0 Å². The van der Waals surface area contributed by atoms with E-state index in [4.69, 9.17) is 0 Å². The van der Waals surface area contributed by atoms with Gasteiger partial charge >= 0.3 is 39.3 Å². The van der Waals surface area contributed by atoms with Crippen LogP contribution in [0.1, 0.15) is 0 Å². The molecule has 0 amide bonds. The van der Waals surface area contributed by atoms with Crippen molar-refractivity contribution in [3.63, 3.8) is 0 Å².